The summed E-state index contributed by atoms with van der Waals surface area (Å²) < 4.78 is 147. The van der Waals surface area contributed by atoms with Crippen molar-refractivity contribution in [2.75, 3.05) is 0 Å². The molecule has 0 bridgehead atoms. The molecule has 6 N–H and O–H groups in total. The number of alkyl halides is 11. The monoisotopic (exact) mass is 455 g/mol. The van der Waals surface area contributed by atoms with Crippen LogP contribution in [0.4, 0.5) is 48.3 Å². The van der Waals surface area contributed by atoms with E-state index >= 15 is 0 Å². The number of ether oxygens (including phenoxy) is 2. The second-order valence-corrected chi connectivity index (χ2v) is 5.97. The predicted molar refractivity (Wildman–Crippen MR) is 70.9 cm³/mol. The van der Waals surface area contributed by atoms with Crippen molar-refractivity contribution in [3.05, 3.63) is 17.2 Å². The van der Waals surface area contributed by atoms with Crippen LogP contribution in [-0.2, 0) is 12.0 Å². The van der Waals surface area contributed by atoms with Crippen LogP contribution in [0.5, 0.6) is 11.5 Å². The summed E-state index contributed by atoms with van der Waals surface area (Å²) in [5.74, 6) is -7.64. The van der Waals surface area contributed by atoms with E-state index in [2.05, 4.69) is 9.47 Å². The van der Waals surface area contributed by atoms with Gasteiger partial charge in [0.15, 0.2) is 11.5 Å². The van der Waals surface area contributed by atoms with E-state index in [9.17, 15) is 48.3 Å². The predicted octanol–water partition coefficient (Wildman–Crippen LogP) is 3.80. The van der Waals surface area contributed by atoms with Crippen molar-refractivity contribution >= 4 is 11.8 Å². The number of rotatable bonds is 5. The molecule has 1 aromatic rings. The summed E-state index contributed by atoms with van der Waals surface area (Å²) in [4.78, 5) is -1.83. The Balaban J connectivity index is 4.06. The standard InChI is InChI=1S/C11H8F11N3O2S/c12-7(13)26-5-3(28-11(20,21)22)1-2(8(14,15)16)4(9(23,24)25)6(5)27-10(17,18)19/h1,7H,23-25H2. The zero-order valence-corrected chi connectivity index (χ0v) is 13.6. The van der Waals surface area contributed by atoms with Gasteiger partial charge in [-0.25, -0.2) is 0 Å². The fraction of sp³-hybridized carbons (Fsp3) is 0.455. The van der Waals surface area contributed by atoms with E-state index in [4.69, 9.17) is 17.2 Å². The molecule has 0 saturated carbocycles. The van der Waals surface area contributed by atoms with E-state index in [-0.39, 0.29) is 0 Å². The van der Waals surface area contributed by atoms with E-state index in [1.165, 1.54) is 0 Å². The molecular formula is C11H8F11N3O2S. The Morgan fingerprint density at radius 2 is 1.36 bits per heavy atom. The fourth-order valence-corrected chi connectivity index (χ4v) is 2.54. The number of hydrogen-bond acceptors (Lipinski definition) is 6. The average Bonchev–Trinajstić information content (AvgIpc) is 2.35. The van der Waals surface area contributed by atoms with Gasteiger partial charge in [-0.3, -0.25) is 17.2 Å². The summed E-state index contributed by atoms with van der Waals surface area (Å²) in [5, 5.41) is 0. The fourth-order valence-electron chi connectivity index (χ4n) is 1.88. The van der Waals surface area contributed by atoms with Crippen LogP contribution in [0.25, 0.3) is 0 Å². The van der Waals surface area contributed by atoms with Crippen molar-refractivity contribution in [1.29, 1.82) is 0 Å². The van der Waals surface area contributed by atoms with Gasteiger partial charge < -0.3 is 9.47 Å². The van der Waals surface area contributed by atoms with Gasteiger partial charge in [0.1, 0.15) is 5.79 Å². The van der Waals surface area contributed by atoms with Gasteiger partial charge >= 0.3 is 24.7 Å². The third-order valence-corrected chi connectivity index (χ3v) is 3.35. The Labute approximate surface area is 151 Å². The van der Waals surface area contributed by atoms with Crippen LogP contribution < -0.4 is 26.7 Å². The van der Waals surface area contributed by atoms with Crippen LogP contribution >= 0.6 is 11.8 Å². The van der Waals surface area contributed by atoms with Crippen LogP contribution in [0.15, 0.2) is 11.0 Å². The second kappa shape index (κ2) is 7.60. The van der Waals surface area contributed by atoms with Crippen molar-refractivity contribution in [1.82, 2.24) is 0 Å². The van der Waals surface area contributed by atoms with Gasteiger partial charge in [0, 0.05) is 0 Å². The molecule has 0 radical (unpaired) electrons. The van der Waals surface area contributed by atoms with Crippen molar-refractivity contribution < 1.29 is 57.8 Å². The maximum atomic E-state index is 13.2. The highest BCUT2D eigenvalue weighted by Crippen LogP contribution is 2.52. The van der Waals surface area contributed by atoms with Gasteiger partial charge in [0.05, 0.1) is 16.0 Å². The molecule has 17 heteroatoms. The highest BCUT2D eigenvalue weighted by Gasteiger charge is 2.46. The van der Waals surface area contributed by atoms with Crippen molar-refractivity contribution in [3.63, 3.8) is 0 Å². The Bertz CT molecular complexity index is 710. The number of halogens is 11. The molecule has 0 fully saturated rings. The van der Waals surface area contributed by atoms with Crippen LogP contribution in [0, 0.1) is 0 Å². The summed E-state index contributed by atoms with van der Waals surface area (Å²) in [6.07, 6.45) is -11.5. The van der Waals surface area contributed by atoms with Gasteiger partial charge in [-0.2, -0.15) is 35.1 Å². The molecule has 0 aliphatic rings. The summed E-state index contributed by atoms with van der Waals surface area (Å²) in [6, 6.07) is -0.435. The van der Waals surface area contributed by atoms with Gasteiger partial charge in [0.2, 0.25) is 0 Å². The number of benzene rings is 1. The molecule has 1 aromatic carbocycles. The van der Waals surface area contributed by atoms with E-state index in [1.54, 1.807) is 0 Å². The first-order valence-electron chi connectivity index (χ1n) is 6.34. The first-order chi connectivity index (χ1) is 12.2. The number of nitrogens with two attached hydrogens (primary N) is 3. The van der Waals surface area contributed by atoms with Gasteiger partial charge in [-0.05, 0) is 17.8 Å². The average molecular weight is 455 g/mol. The molecule has 0 amide bonds. The van der Waals surface area contributed by atoms with Gasteiger partial charge in [-0.15, -0.1) is 13.2 Å². The first kappa shape index (κ1) is 24.3. The van der Waals surface area contributed by atoms with Crippen molar-refractivity contribution in [2.24, 2.45) is 17.2 Å². The molecule has 1 rings (SSSR count). The van der Waals surface area contributed by atoms with E-state index in [0.29, 0.717) is 0 Å². The Hall–Kier alpha value is -1.72. The minimum Gasteiger partial charge on any atom is -0.430 e. The van der Waals surface area contributed by atoms with Crippen molar-refractivity contribution in [3.8, 4) is 11.5 Å². The van der Waals surface area contributed by atoms with Crippen LogP contribution in [0.3, 0.4) is 0 Å². The molecule has 0 aliphatic heterocycles. The lowest BCUT2D eigenvalue weighted by Crippen LogP contribution is -2.55. The van der Waals surface area contributed by atoms with Gasteiger partial charge in [0.25, 0.3) is 0 Å². The summed E-state index contributed by atoms with van der Waals surface area (Å²) >= 11 is -1.47. The topological polar surface area (TPSA) is 96.5 Å². The number of hydrogen-bond donors (Lipinski definition) is 3. The molecule has 0 saturated heterocycles. The molecule has 28 heavy (non-hydrogen) atoms. The summed E-state index contributed by atoms with van der Waals surface area (Å²) in [6.45, 7) is -4.06. The maximum absolute atomic E-state index is 13.2. The lowest BCUT2D eigenvalue weighted by atomic mass is 9.99. The van der Waals surface area contributed by atoms with Crippen LogP contribution in [0.2, 0.25) is 0 Å². The van der Waals surface area contributed by atoms with Crippen LogP contribution in [-0.4, -0.2) is 18.5 Å². The molecule has 0 heterocycles. The van der Waals surface area contributed by atoms with Crippen LogP contribution in [0.1, 0.15) is 11.1 Å². The SMILES string of the molecule is NC(N)(N)c1c(C(F)(F)F)cc(SC(F)(F)F)c(OC(F)F)c1OC(F)(F)F. The zero-order valence-electron chi connectivity index (χ0n) is 12.8. The molecule has 0 atom stereocenters. The largest absolute Gasteiger partial charge is 0.573 e. The Morgan fingerprint density at radius 1 is 0.857 bits per heavy atom. The highest BCUT2D eigenvalue weighted by atomic mass is 32.2. The highest BCUT2D eigenvalue weighted by molar-refractivity contribution is 8.00. The second-order valence-electron chi connectivity index (χ2n) is 4.86. The van der Waals surface area contributed by atoms with E-state index in [0.717, 1.165) is 0 Å². The third-order valence-electron chi connectivity index (χ3n) is 2.59. The molecule has 0 unspecified atom stereocenters. The van der Waals surface area contributed by atoms with E-state index < -0.39 is 75.8 Å². The van der Waals surface area contributed by atoms with E-state index in [1.807, 2.05) is 0 Å². The first-order valence-corrected chi connectivity index (χ1v) is 7.15. The van der Waals surface area contributed by atoms with Crippen molar-refractivity contribution in [2.45, 2.75) is 35.3 Å². The molecule has 0 aliphatic carbocycles. The molecule has 0 spiro atoms. The minimum atomic E-state index is -5.87. The Kier molecular flexibility index (Phi) is 6.60. The normalized spacial score (nSPS) is 13.8. The zero-order chi connectivity index (χ0) is 22.3. The maximum Gasteiger partial charge on any atom is 0.573 e. The molecule has 0 aromatic heterocycles. The lowest BCUT2D eigenvalue weighted by Gasteiger charge is -2.29. The molecule has 5 nitrogen and oxygen atoms in total. The summed E-state index contributed by atoms with van der Waals surface area (Å²) in [7, 11) is 0. The summed E-state index contributed by atoms with van der Waals surface area (Å²) in [5.41, 5.74) is 5.31. The minimum absolute atomic E-state index is 0.435. The quantitative estimate of drug-likeness (QED) is 0.355. The lowest BCUT2D eigenvalue weighted by molar-refractivity contribution is -0.276. The Morgan fingerprint density at radius 3 is 1.68 bits per heavy atom. The smallest absolute Gasteiger partial charge is 0.430 e. The third kappa shape index (κ3) is 6.71. The van der Waals surface area contributed by atoms with Gasteiger partial charge in [-0.1, -0.05) is 0 Å². The number of thioether (sulfide) groups is 1. The molecule has 162 valence electrons. The molecular weight excluding hydrogens is 447 g/mol.